The lowest BCUT2D eigenvalue weighted by Crippen LogP contribution is -2.50. The van der Waals surface area contributed by atoms with Gasteiger partial charge < -0.3 is 10.2 Å². The molecular formula is C17H17ClN6O2S2. The summed E-state index contributed by atoms with van der Waals surface area (Å²) in [5, 5.41) is 8.68. The van der Waals surface area contributed by atoms with Gasteiger partial charge in [0.25, 0.3) is 5.89 Å². The summed E-state index contributed by atoms with van der Waals surface area (Å²) < 4.78 is 20.1. The van der Waals surface area contributed by atoms with Gasteiger partial charge in [-0.05, 0) is 31.0 Å². The van der Waals surface area contributed by atoms with Gasteiger partial charge in [0.1, 0.15) is 5.54 Å². The van der Waals surface area contributed by atoms with E-state index in [2.05, 4.69) is 26.0 Å². The van der Waals surface area contributed by atoms with E-state index in [-0.39, 0.29) is 11.7 Å². The third-order valence-electron chi connectivity index (χ3n) is 4.43. The molecule has 0 fully saturated rings. The molecule has 146 valence electrons. The number of thiophene rings is 1. The Morgan fingerprint density at radius 2 is 2.04 bits per heavy atom. The molecule has 3 aromatic heterocycles. The smallest absolute Gasteiger partial charge is 0.258 e. The number of aromatic nitrogens is 3. The van der Waals surface area contributed by atoms with Crippen LogP contribution < -0.4 is 5.73 Å². The van der Waals surface area contributed by atoms with Crippen molar-refractivity contribution in [3.05, 3.63) is 40.5 Å². The summed E-state index contributed by atoms with van der Waals surface area (Å²) in [6.45, 7) is 1.84. The van der Waals surface area contributed by atoms with Gasteiger partial charge in [-0.3, -0.25) is 9.29 Å². The van der Waals surface area contributed by atoms with Crippen LogP contribution in [0.5, 0.6) is 0 Å². The molecule has 1 unspecified atom stereocenters. The molecule has 4 rings (SSSR count). The zero-order valence-electron chi connectivity index (χ0n) is 15.1. The van der Waals surface area contributed by atoms with Crippen LogP contribution in [0.4, 0.5) is 0 Å². The van der Waals surface area contributed by atoms with E-state index in [1.54, 1.807) is 37.6 Å². The lowest BCUT2D eigenvalue weighted by molar-refractivity contribution is 0.522. The zero-order valence-corrected chi connectivity index (χ0v) is 17.5. The Balaban J connectivity index is 1.73. The fourth-order valence-corrected chi connectivity index (χ4v) is 6.26. The van der Waals surface area contributed by atoms with Crippen LogP contribution in [0.2, 0.25) is 5.02 Å². The van der Waals surface area contributed by atoms with Gasteiger partial charge >= 0.3 is 0 Å². The molecule has 8 nitrogen and oxygen atoms in total. The zero-order chi connectivity index (χ0) is 20.1. The second-order valence-electron chi connectivity index (χ2n) is 6.59. The molecule has 4 heterocycles. The van der Waals surface area contributed by atoms with E-state index in [0.717, 1.165) is 10.4 Å². The number of guanidine groups is 1. The molecule has 0 bridgehead atoms. The Kier molecular flexibility index (Phi) is 4.44. The van der Waals surface area contributed by atoms with Crippen molar-refractivity contribution in [2.24, 2.45) is 10.7 Å². The maximum absolute atomic E-state index is 12.9. The fraction of sp³-hybridized carbons (Fsp3) is 0.235. The summed E-state index contributed by atoms with van der Waals surface area (Å²) >= 11 is 7.85. The van der Waals surface area contributed by atoms with Crippen LogP contribution in [0, 0.1) is 0 Å². The Labute approximate surface area is 171 Å². The number of halogens is 1. The molecular weight excluding hydrogens is 420 g/mol. The second-order valence-corrected chi connectivity index (χ2v) is 10.4. The van der Waals surface area contributed by atoms with Crippen LogP contribution >= 0.6 is 22.9 Å². The average molecular weight is 437 g/mol. The minimum atomic E-state index is -2.60. The van der Waals surface area contributed by atoms with Crippen molar-refractivity contribution in [1.29, 1.82) is 0 Å². The Hall–Kier alpha value is -2.43. The van der Waals surface area contributed by atoms with Crippen molar-refractivity contribution in [2.75, 3.05) is 12.8 Å². The van der Waals surface area contributed by atoms with Crippen molar-refractivity contribution in [3.63, 3.8) is 0 Å². The molecule has 0 aliphatic carbocycles. The monoisotopic (exact) mass is 436 g/mol. The molecule has 0 aromatic carbocycles. The van der Waals surface area contributed by atoms with Crippen molar-refractivity contribution in [2.45, 2.75) is 12.5 Å². The van der Waals surface area contributed by atoms with Crippen molar-refractivity contribution < 1.29 is 8.63 Å². The Morgan fingerprint density at radius 3 is 2.71 bits per heavy atom. The van der Waals surface area contributed by atoms with E-state index >= 15 is 0 Å². The van der Waals surface area contributed by atoms with Crippen molar-refractivity contribution in [3.8, 4) is 22.2 Å². The Morgan fingerprint density at radius 1 is 1.36 bits per heavy atom. The largest absolute Gasteiger partial charge is 0.415 e. The first kappa shape index (κ1) is 18.9. The van der Waals surface area contributed by atoms with E-state index in [4.69, 9.17) is 21.8 Å². The molecule has 0 saturated heterocycles. The summed E-state index contributed by atoms with van der Waals surface area (Å²) in [6.07, 6.45) is 3.30. The first-order valence-corrected chi connectivity index (χ1v) is 11.2. The predicted octanol–water partition coefficient (Wildman–Crippen LogP) is 2.62. The quantitative estimate of drug-likeness (QED) is 0.632. The van der Waals surface area contributed by atoms with Gasteiger partial charge in [-0.2, -0.15) is 0 Å². The molecule has 0 saturated carbocycles. The van der Waals surface area contributed by atoms with Gasteiger partial charge in [0.2, 0.25) is 11.9 Å². The van der Waals surface area contributed by atoms with Gasteiger partial charge in [0, 0.05) is 25.0 Å². The maximum Gasteiger partial charge on any atom is 0.258 e. The van der Waals surface area contributed by atoms with E-state index in [1.807, 2.05) is 6.92 Å². The number of rotatable bonds is 3. The number of aliphatic imine (C=N–C) groups is 1. The molecule has 1 aliphatic heterocycles. The van der Waals surface area contributed by atoms with E-state index in [0.29, 0.717) is 21.7 Å². The topological polar surface area (TPSA) is 110 Å². The van der Waals surface area contributed by atoms with Gasteiger partial charge in [-0.15, -0.1) is 21.5 Å². The van der Waals surface area contributed by atoms with Crippen LogP contribution in [0.1, 0.15) is 11.8 Å². The third-order valence-corrected chi connectivity index (χ3v) is 8.41. The number of hydrogen-bond donors (Lipinski definition) is 1. The molecule has 28 heavy (non-hydrogen) atoms. The number of nitrogens with two attached hydrogens (primary N) is 1. The fourth-order valence-electron chi connectivity index (χ4n) is 2.95. The summed E-state index contributed by atoms with van der Waals surface area (Å²) in [4.78, 5) is 9.92. The lowest BCUT2D eigenvalue weighted by Gasteiger charge is -2.36. The third kappa shape index (κ3) is 3.17. The normalized spacial score (nSPS) is 25.0. The van der Waals surface area contributed by atoms with E-state index < -0.39 is 15.2 Å². The second kappa shape index (κ2) is 6.57. The van der Waals surface area contributed by atoms with E-state index in [9.17, 15) is 4.21 Å². The maximum atomic E-state index is 12.9. The van der Waals surface area contributed by atoms with E-state index in [1.165, 1.54) is 15.6 Å². The summed E-state index contributed by atoms with van der Waals surface area (Å²) in [7, 11) is -0.983. The molecule has 2 N–H and O–H groups in total. The summed E-state index contributed by atoms with van der Waals surface area (Å²) in [5.74, 6) is 4.91. The van der Waals surface area contributed by atoms with Crippen LogP contribution in [-0.2, 0) is 15.2 Å². The molecule has 0 spiro atoms. The van der Waals surface area contributed by atoms with Gasteiger partial charge in [0.15, 0.2) is 0 Å². The van der Waals surface area contributed by atoms with Crippen LogP contribution in [0.3, 0.4) is 0 Å². The highest BCUT2D eigenvalue weighted by Crippen LogP contribution is 2.44. The minimum absolute atomic E-state index is 0.164. The SMILES string of the molecule is C=S1(=O)C[C@@](C)(c2sc(-c3nnc(-c4ccncc4)o3)cc2Cl)N=C(N)N1C. The molecule has 2 atom stereocenters. The van der Waals surface area contributed by atoms with Crippen LogP contribution in [-0.4, -0.2) is 48.3 Å². The Bertz CT molecular complexity index is 1170. The summed E-state index contributed by atoms with van der Waals surface area (Å²) in [5.41, 5.74) is 5.89. The minimum Gasteiger partial charge on any atom is -0.415 e. The first-order chi connectivity index (χ1) is 13.2. The lowest BCUT2D eigenvalue weighted by atomic mass is 10.0. The average Bonchev–Trinajstić information content (AvgIpc) is 3.27. The molecule has 11 heteroatoms. The van der Waals surface area contributed by atoms with Crippen LogP contribution in [0.15, 0.2) is 40.0 Å². The number of hydrogen-bond acceptors (Lipinski definition) is 8. The standard InChI is InChI=1S/C17H17ClN6O2S2/c1-17(9-28(3,25)24(2)16(19)21-17)13-11(18)8-12(27-13)15-23-22-14(26-15)10-4-6-20-7-5-10/h4-8H,3,9H2,1-2H3,(H2,19,21)/t17-,28?/m0/s1. The first-order valence-electron chi connectivity index (χ1n) is 8.18. The van der Waals surface area contributed by atoms with Crippen LogP contribution in [0.25, 0.3) is 22.2 Å². The van der Waals surface area contributed by atoms with Crippen molar-refractivity contribution in [1.82, 2.24) is 19.5 Å². The highest BCUT2D eigenvalue weighted by atomic mass is 35.5. The van der Waals surface area contributed by atoms with Gasteiger partial charge in [-0.25, -0.2) is 9.20 Å². The van der Waals surface area contributed by atoms with Crippen molar-refractivity contribution >= 4 is 44.5 Å². The molecule has 3 aromatic rings. The highest BCUT2D eigenvalue weighted by Gasteiger charge is 2.40. The molecule has 1 aliphatic rings. The summed E-state index contributed by atoms with van der Waals surface area (Å²) in [6, 6.07) is 5.31. The number of pyridine rings is 1. The molecule has 0 radical (unpaired) electrons. The van der Waals surface area contributed by atoms with Gasteiger partial charge in [0.05, 0.1) is 30.2 Å². The van der Waals surface area contributed by atoms with Gasteiger partial charge in [-0.1, -0.05) is 11.6 Å². The highest BCUT2D eigenvalue weighted by molar-refractivity contribution is 7.98. The predicted molar refractivity (Wildman–Crippen MR) is 113 cm³/mol. The number of nitrogens with zero attached hydrogens (tertiary/aromatic N) is 5. The molecule has 0 amide bonds.